The Kier molecular flexibility index (Phi) is 4.57. The monoisotopic (exact) mass is 314 g/mol. The maximum Gasteiger partial charge on any atom is 0.160 e. The first-order valence-corrected chi connectivity index (χ1v) is 6.70. The van der Waals surface area contributed by atoms with Crippen LogP contribution in [-0.2, 0) is 0 Å². The molecule has 2 aromatic rings. The average molecular weight is 315 g/mol. The second-order valence-electron chi connectivity index (χ2n) is 4.06. The molecule has 0 atom stereocenters. The van der Waals surface area contributed by atoms with E-state index in [1.807, 2.05) is 6.92 Å². The van der Waals surface area contributed by atoms with Crippen molar-refractivity contribution in [1.82, 2.24) is 0 Å². The Morgan fingerprint density at radius 3 is 2.40 bits per heavy atom. The predicted molar refractivity (Wildman–Crippen MR) is 81.7 cm³/mol. The van der Waals surface area contributed by atoms with Crippen molar-refractivity contribution in [2.24, 2.45) is 0 Å². The van der Waals surface area contributed by atoms with Gasteiger partial charge in [-0.05, 0) is 31.2 Å². The molecule has 3 N–H and O–H groups in total. The van der Waals surface area contributed by atoms with E-state index in [-0.39, 0.29) is 10.0 Å². The van der Waals surface area contributed by atoms with E-state index in [0.717, 1.165) is 5.69 Å². The van der Waals surface area contributed by atoms with Crippen LogP contribution in [0.4, 0.5) is 21.5 Å². The highest BCUT2D eigenvalue weighted by Gasteiger charge is 2.08. The maximum absolute atomic E-state index is 13.3. The molecule has 0 amide bonds. The van der Waals surface area contributed by atoms with Crippen LogP contribution in [0.15, 0.2) is 30.3 Å². The highest BCUT2D eigenvalue weighted by atomic mass is 35.5. The number of anilines is 3. The summed E-state index contributed by atoms with van der Waals surface area (Å²) >= 11 is 11.5. The summed E-state index contributed by atoms with van der Waals surface area (Å²) in [6, 6.07) is 8.17. The number of halogens is 3. The summed E-state index contributed by atoms with van der Waals surface area (Å²) in [5.74, 6) is -0.0528. The minimum atomic E-state index is -0.633. The Morgan fingerprint density at radius 2 is 1.80 bits per heavy atom. The lowest BCUT2D eigenvalue weighted by Gasteiger charge is -2.12. The molecule has 20 heavy (non-hydrogen) atoms. The molecular formula is C14H13Cl2FN2O. The molecule has 0 radical (unpaired) electrons. The second-order valence-corrected chi connectivity index (χ2v) is 4.88. The second kappa shape index (κ2) is 6.20. The SMILES string of the molecule is CCOc1cc(Nc2cc(Cl)c(F)c(Cl)c2)ccc1N. The quantitative estimate of drug-likeness (QED) is 0.626. The third kappa shape index (κ3) is 3.26. The number of hydrogen-bond acceptors (Lipinski definition) is 3. The molecule has 0 aliphatic carbocycles. The molecule has 6 heteroatoms. The fourth-order valence-corrected chi connectivity index (χ4v) is 2.17. The molecule has 0 unspecified atom stereocenters. The van der Waals surface area contributed by atoms with E-state index in [9.17, 15) is 4.39 Å². The number of hydrogen-bond donors (Lipinski definition) is 2. The number of nitrogens with two attached hydrogens (primary N) is 1. The van der Waals surface area contributed by atoms with Crippen molar-refractivity contribution in [2.45, 2.75) is 6.92 Å². The van der Waals surface area contributed by atoms with Crippen LogP contribution < -0.4 is 15.8 Å². The molecule has 0 saturated carbocycles. The predicted octanol–water partition coefficient (Wildman–Crippen LogP) is 4.86. The van der Waals surface area contributed by atoms with Gasteiger partial charge in [0.2, 0.25) is 0 Å². The van der Waals surface area contributed by atoms with Crippen LogP contribution >= 0.6 is 23.2 Å². The average Bonchev–Trinajstić information content (AvgIpc) is 2.40. The van der Waals surface area contributed by atoms with Crippen LogP contribution in [0.5, 0.6) is 5.75 Å². The topological polar surface area (TPSA) is 47.3 Å². The minimum Gasteiger partial charge on any atom is -0.492 e. The normalized spacial score (nSPS) is 10.4. The summed E-state index contributed by atoms with van der Waals surface area (Å²) in [6.45, 7) is 2.39. The Bertz CT molecular complexity index is 612. The van der Waals surface area contributed by atoms with Gasteiger partial charge in [-0.15, -0.1) is 0 Å². The van der Waals surface area contributed by atoms with Gasteiger partial charge in [0.25, 0.3) is 0 Å². The van der Waals surface area contributed by atoms with Crippen molar-refractivity contribution in [3.63, 3.8) is 0 Å². The first kappa shape index (κ1) is 14.8. The molecule has 0 aromatic heterocycles. The molecule has 0 aliphatic rings. The summed E-state index contributed by atoms with van der Waals surface area (Å²) in [4.78, 5) is 0. The summed E-state index contributed by atoms with van der Waals surface area (Å²) in [5, 5.41) is 2.99. The Morgan fingerprint density at radius 1 is 1.15 bits per heavy atom. The fourth-order valence-electron chi connectivity index (χ4n) is 1.69. The van der Waals surface area contributed by atoms with Crippen LogP contribution in [0.3, 0.4) is 0 Å². The zero-order chi connectivity index (χ0) is 14.7. The first-order chi connectivity index (χ1) is 9.51. The number of nitrogen functional groups attached to an aromatic ring is 1. The van der Waals surface area contributed by atoms with Gasteiger partial charge >= 0.3 is 0 Å². The summed E-state index contributed by atoms with van der Waals surface area (Å²) in [5.41, 5.74) is 7.66. The third-order valence-electron chi connectivity index (χ3n) is 2.59. The Labute approximate surface area is 126 Å². The van der Waals surface area contributed by atoms with Crippen molar-refractivity contribution in [2.75, 3.05) is 17.7 Å². The van der Waals surface area contributed by atoms with Gasteiger partial charge in [0.05, 0.1) is 22.3 Å². The van der Waals surface area contributed by atoms with E-state index < -0.39 is 5.82 Å². The lowest BCUT2D eigenvalue weighted by Crippen LogP contribution is -1.98. The van der Waals surface area contributed by atoms with Gasteiger partial charge in [-0.3, -0.25) is 0 Å². The zero-order valence-electron chi connectivity index (χ0n) is 10.7. The highest BCUT2D eigenvalue weighted by molar-refractivity contribution is 6.35. The van der Waals surface area contributed by atoms with Crippen LogP contribution in [0.1, 0.15) is 6.92 Å². The molecule has 0 aliphatic heterocycles. The smallest absolute Gasteiger partial charge is 0.160 e. The Hall–Kier alpha value is -1.65. The van der Waals surface area contributed by atoms with Gasteiger partial charge in [-0.2, -0.15) is 0 Å². The van der Waals surface area contributed by atoms with Crippen LogP contribution in [0.2, 0.25) is 10.0 Å². The molecule has 2 aromatic carbocycles. The van der Waals surface area contributed by atoms with Gasteiger partial charge in [0, 0.05) is 17.4 Å². The van der Waals surface area contributed by atoms with Gasteiger partial charge in [0.1, 0.15) is 5.75 Å². The van der Waals surface area contributed by atoms with Crippen LogP contribution in [0, 0.1) is 5.82 Å². The molecule has 3 nitrogen and oxygen atoms in total. The summed E-state index contributed by atoms with van der Waals surface area (Å²) in [7, 11) is 0. The molecule has 0 heterocycles. The highest BCUT2D eigenvalue weighted by Crippen LogP contribution is 2.31. The summed E-state index contributed by atoms with van der Waals surface area (Å²) < 4.78 is 18.7. The van der Waals surface area contributed by atoms with Crippen molar-refractivity contribution < 1.29 is 9.13 Å². The van der Waals surface area contributed by atoms with Gasteiger partial charge < -0.3 is 15.8 Å². The van der Waals surface area contributed by atoms with Crippen molar-refractivity contribution in [3.8, 4) is 5.75 Å². The molecular weight excluding hydrogens is 302 g/mol. The largest absolute Gasteiger partial charge is 0.492 e. The van der Waals surface area contributed by atoms with Crippen molar-refractivity contribution >= 4 is 40.3 Å². The van der Waals surface area contributed by atoms with Crippen molar-refractivity contribution in [1.29, 1.82) is 0 Å². The lowest BCUT2D eigenvalue weighted by molar-refractivity contribution is 0.342. The van der Waals surface area contributed by atoms with E-state index in [1.54, 1.807) is 18.2 Å². The fraction of sp³-hybridized carbons (Fsp3) is 0.143. The third-order valence-corrected chi connectivity index (χ3v) is 3.14. The van der Waals surface area contributed by atoms with E-state index in [2.05, 4.69) is 5.32 Å². The van der Waals surface area contributed by atoms with Crippen LogP contribution in [-0.4, -0.2) is 6.61 Å². The van der Waals surface area contributed by atoms with E-state index in [4.69, 9.17) is 33.7 Å². The Balaban J connectivity index is 2.28. The van der Waals surface area contributed by atoms with E-state index in [0.29, 0.717) is 23.7 Å². The molecule has 0 spiro atoms. The van der Waals surface area contributed by atoms with Crippen LogP contribution in [0.25, 0.3) is 0 Å². The molecule has 0 bridgehead atoms. The lowest BCUT2D eigenvalue weighted by atomic mass is 10.2. The minimum absolute atomic E-state index is 0.0412. The first-order valence-electron chi connectivity index (χ1n) is 5.95. The zero-order valence-corrected chi connectivity index (χ0v) is 12.2. The van der Waals surface area contributed by atoms with Crippen molar-refractivity contribution in [3.05, 3.63) is 46.2 Å². The number of rotatable bonds is 4. The summed E-state index contributed by atoms with van der Waals surface area (Å²) in [6.07, 6.45) is 0. The maximum atomic E-state index is 13.3. The number of benzene rings is 2. The van der Waals surface area contributed by atoms with Gasteiger partial charge in [-0.25, -0.2) is 4.39 Å². The van der Waals surface area contributed by atoms with Gasteiger partial charge in [0.15, 0.2) is 5.82 Å². The standard InChI is InChI=1S/C14H13Cl2FN2O/c1-2-20-13-7-8(3-4-12(13)18)19-9-5-10(15)14(17)11(16)6-9/h3-7,19H,2,18H2,1H3. The number of nitrogens with one attached hydrogen (secondary N) is 1. The van der Waals surface area contributed by atoms with E-state index in [1.165, 1.54) is 12.1 Å². The van der Waals surface area contributed by atoms with E-state index >= 15 is 0 Å². The molecule has 106 valence electrons. The molecule has 0 saturated heterocycles. The molecule has 2 rings (SSSR count). The van der Waals surface area contributed by atoms with Gasteiger partial charge in [-0.1, -0.05) is 23.2 Å². The molecule has 0 fully saturated rings. The number of ether oxygens (including phenoxy) is 1.